The molecule has 0 saturated carbocycles. The monoisotopic (exact) mass is 384 g/mol. The summed E-state index contributed by atoms with van der Waals surface area (Å²) >= 11 is 3.44. The number of aromatic amines is 1. The molecule has 2 bridgehead atoms. The molecular formula is C15H18BrClN4O. The van der Waals surface area contributed by atoms with Crippen LogP contribution < -0.4 is 10.6 Å². The van der Waals surface area contributed by atoms with Gasteiger partial charge in [-0.15, -0.1) is 12.4 Å². The summed E-state index contributed by atoms with van der Waals surface area (Å²) in [5, 5.41) is 14.7. The lowest BCUT2D eigenvalue weighted by Gasteiger charge is -2.29. The van der Waals surface area contributed by atoms with Gasteiger partial charge in [-0.1, -0.05) is 15.9 Å². The third-order valence-corrected chi connectivity index (χ3v) is 5.04. The minimum absolute atomic E-state index is 0. The summed E-state index contributed by atoms with van der Waals surface area (Å²) in [5.41, 5.74) is 1.37. The number of piperidine rings is 1. The highest BCUT2D eigenvalue weighted by atomic mass is 79.9. The number of benzene rings is 1. The predicted molar refractivity (Wildman–Crippen MR) is 91.5 cm³/mol. The van der Waals surface area contributed by atoms with Crippen LogP contribution in [-0.2, 0) is 0 Å². The molecule has 2 aromatic rings. The first-order valence-electron chi connectivity index (χ1n) is 7.39. The van der Waals surface area contributed by atoms with Crippen LogP contribution >= 0.6 is 28.3 Å². The molecule has 2 aliphatic heterocycles. The van der Waals surface area contributed by atoms with Crippen LogP contribution in [0.15, 0.2) is 22.7 Å². The minimum Gasteiger partial charge on any atom is -0.348 e. The first-order chi connectivity index (χ1) is 10.2. The van der Waals surface area contributed by atoms with E-state index in [4.69, 9.17) is 0 Å². The fourth-order valence-corrected chi connectivity index (χ4v) is 3.95. The second kappa shape index (κ2) is 6.18. The molecule has 22 heavy (non-hydrogen) atoms. The molecular weight excluding hydrogens is 368 g/mol. The van der Waals surface area contributed by atoms with Crippen molar-refractivity contribution in [3.05, 3.63) is 28.4 Å². The van der Waals surface area contributed by atoms with Crippen molar-refractivity contribution in [2.24, 2.45) is 0 Å². The number of nitrogens with zero attached hydrogens (tertiary/aromatic N) is 1. The quantitative estimate of drug-likeness (QED) is 0.744. The van der Waals surface area contributed by atoms with Gasteiger partial charge in [0.1, 0.15) is 0 Å². The average Bonchev–Trinajstić information content (AvgIpc) is 3.02. The molecule has 118 valence electrons. The average molecular weight is 386 g/mol. The van der Waals surface area contributed by atoms with Crippen molar-refractivity contribution in [1.29, 1.82) is 0 Å². The summed E-state index contributed by atoms with van der Waals surface area (Å²) < 4.78 is 0.949. The predicted octanol–water partition coefficient (Wildman–Crippen LogP) is 2.76. The molecule has 0 aliphatic carbocycles. The third kappa shape index (κ3) is 2.87. The molecule has 1 aromatic heterocycles. The lowest BCUT2D eigenvalue weighted by molar-refractivity contribution is 0.0920. The highest BCUT2D eigenvalue weighted by molar-refractivity contribution is 9.10. The van der Waals surface area contributed by atoms with Crippen molar-refractivity contribution in [1.82, 2.24) is 20.8 Å². The lowest BCUT2D eigenvalue weighted by atomic mass is 9.99. The van der Waals surface area contributed by atoms with E-state index < -0.39 is 0 Å². The Bertz CT molecular complexity index is 692. The van der Waals surface area contributed by atoms with Crippen LogP contribution in [0, 0.1) is 0 Å². The van der Waals surface area contributed by atoms with Gasteiger partial charge in [-0.25, -0.2) is 0 Å². The van der Waals surface area contributed by atoms with Crippen LogP contribution in [0.25, 0.3) is 10.9 Å². The van der Waals surface area contributed by atoms with Gasteiger partial charge in [0.2, 0.25) is 0 Å². The van der Waals surface area contributed by atoms with E-state index in [-0.39, 0.29) is 24.4 Å². The van der Waals surface area contributed by atoms with Crippen molar-refractivity contribution < 1.29 is 4.79 Å². The Labute approximate surface area is 143 Å². The molecule has 2 atom stereocenters. The van der Waals surface area contributed by atoms with Crippen LogP contribution in [0.5, 0.6) is 0 Å². The molecule has 1 amide bonds. The molecule has 0 radical (unpaired) electrons. The standard InChI is InChI=1S/C15H17BrN4O.ClH/c16-8-1-4-13-12(5-8)14(20-19-13)15(21)18-11-6-9-2-3-10(7-11)17-9;/h1,4-5,9-11,17H,2-3,6-7H2,(H,18,21)(H,19,20);1H. The summed E-state index contributed by atoms with van der Waals surface area (Å²) in [7, 11) is 0. The van der Waals surface area contributed by atoms with E-state index in [0.29, 0.717) is 17.8 Å². The van der Waals surface area contributed by atoms with Crippen molar-refractivity contribution in [3.63, 3.8) is 0 Å². The Morgan fingerprint density at radius 1 is 1.27 bits per heavy atom. The summed E-state index contributed by atoms with van der Waals surface area (Å²) in [4.78, 5) is 12.5. The largest absolute Gasteiger partial charge is 0.348 e. The Morgan fingerprint density at radius 3 is 2.73 bits per heavy atom. The van der Waals surface area contributed by atoms with Gasteiger partial charge >= 0.3 is 0 Å². The molecule has 3 heterocycles. The normalized spacial score (nSPS) is 26.7. The van der Waals surface area contributed by atoms with Crippen molar-refractivity contribution in [2.45, 2.75) is 43.8 Å². The zero-order chi connectivity index (χ0) is 14.4. The smallest absolute Gasteiger partial charge is 0.272 e. The second-order valence-electron chi connectivity index (χ2n) is 6.04. The summed E-state index contributed by atoms with van der Waals surface area (Å²) in [6.07, 6.45) is 4.51. The number of hydrogen-bond donors (Lipinski definition) is 3. The van der Waals surface area contributed by atoms with Gasteiger partial charge in [0.05, 0.1) is 5.52 Å². The molecule has 2 fully saturated rings. The fourth-order valence-electron chi connectivity index (χ4n) is 3.59. The topological polar surface area (TPSA) is 69.8 Å². The number of fused-ring (bicyclic) bond motifs is 3. The summed E-state index contributed by atoms with van der Waals surface area (Å²) in [6.45, 7) is 0. The van der Waals surface area contributed by atoms with Crippen LogP contribution in [0.1, 0.15) is 36.2 Å². The molecule has 2 aliphatic rings. The van der Waals surface area contributed by atoms with Crippen LogP contribution in [0.3, 0.4) is 0 Å². The molecule has 7 heteroatoms. The van der Waals surface area contributed by atoms with E-state index in [0.717, 1.165) is 28.2 Å². The van der Waals surface area contributed by atoms with E-state index in [9.17, 15) is 4.79 Å². The van der Waals surface area contributed by atoms with Crippen LogP contribution in [0.4, 0.5) is 0 Å². The number of hydrogen-bond acceptors (Lipinski definition) is 3. The molecule has 5 nitrogen and oxygen atoms in total. The maximum atomic E-state index is 12.5. The zero-order valence-electron chi connectivity index (χ0n) is 11.9. The molecule has 2 saturated heterocycles. The van der Waals surface area contributed by atoms with E-state index in [2.05, 4.69) is 36.8 Å². The fraction of sp³-hybridized carbons (Fsp3) is 0.467. The Balaban J connectivity index is 0.00000144. The molecule has 4 rings (SSSR count). The van der Waals surface area contributed by atoms with Gasteiger partial charge < -0.3 is 10.6 Å². The first-order valence-corrected chi connectivity index (χ1v) is 8.19. The number of nitrogens with one attached hydrogen (secondary N) is 3. The minimum atomic E-state index is -0.0781. The number of H-pyrrole nitrogens is 1. The van der Waals surface area contributed by atoms with Gasteiger partial charge in [-0.2, -0.15) is 5.10 Å². The summed E-state index contributed by atoms with van der Waals surface area (Å²) in [5.74, 6) is -0.0781. The molecule has 0 spiro atoms. The number of carbonyl (C=O) groups excluding carboxylic acids is 1. The van der Waals surface area contributed by atoms with Crippen LogP contribution in [0.2, 0.25) is 0 Å². The highest BCUT2D eigenvalue weighted by Crippen LogP contribution is 2.27. The zero-order valence-corrected chi connectivity index (χ0v) is 14.3. The number of carbonyl (C=O) groups is 1. The lowest BCUT2D eigenvalue weighted by Crippen LogP contribution is -2.48. The van der Waals surface area contributed by atoms with Gasteiger partial charge in [0.15, 0.2) is 5.69 Å². The number of rotatable bonds is 2. The van der Waals surface area contributed by atoms with E-state index in [1.165, 1.54) is 12.8 Å². The third-order valence-electron chi connectivity index (χ3n) is 4.55. The van der Waals surface area contributed by atoms with Crippen molar-refractivity contribution >= 4 is 45.1 Å². The number of halogens is 2. The summed E-state index contributed by atoms with van der Waals surface area (Å²) in [6, 6.07) is 7.19. The van der Waals surface area contributed by atoms with Gasteiger partial charge in [-0.05, 0) is 43.9 Å². The molecule has 3 N–H and O–H groups in total. The number of aromatic nitrogens is 2. The van der Waals surface area contributed by atoms with E-state index in [1.807, 2.05) is 18.2 Å². The van der Waals surface area contributed by atoms with Crippen molar-refractivity contribution in [3.8, 4) is 0 Å². The van der Waals surface area contributed by atoms with E-state index in [1.54, 1.807) is 0 Å². The van der Waals surface area contributed by atoms with Gasteiger partial charge in [0, 0.05) is 28.0 Å². The van der Waals surface area contributed by atoms with Crippen LogP contribution in [-0.4, -0.2) is 34.2 Å². The Kier molecular flexibility index (Phi) is 4.43. The second-order valence-corrected chi connectivity index (χ2v) is 6.96. The maximum Gasteiger partial charge on any atom is 0.272 e. The SMILES string of the molecule is Cl.O=C(NC1CC2CCC(C1)N2)c1n[nH]c2ccc(Br)cc12. The van der Waals surface area contributed by atoms with Crippen molar-refractivity contribution in [2.75, 3.05) is 0 Å². The molecule has 1 aromatic carbocycles. The number of amides is 1. The Morgan fingerprint density at radius 2 is 2.00 bits per heavy atom. The van der Waals surface area contributed by atoms with Gasteiger partial charge in [-0.3, -0.25) is 9.89 Å². The van der Waals surface area contributed by atoms with Gasteiger partial charge in [0.25, 0.3) is 5.91 Å². The highest BCUT2D eigenvalue weighted by Gasteiger charge is 2.34. The maximum absolute atomic E-state index is 12.5. The molecule has 2 unspecified atom stereocenters. The van der Waals surface area contributed by atoms with E-state index >= 15 is 0 Å². The first kappa shape index (κ1) is 15.8. The Hall–Kier alpha value is -1.11.